The van der Waals surface area contributed by atoms with Gasteiger partial charge in [-0.2, -0.15) is 0 Å². The molecule has 2 aromatic rings. The quantitative estimate of drug-likeness (QED) is 0.731. The van der Waals surface area contributed by atoms with E-state index in [4.69, 9.17) is 4.74 Å². The average molecular weight is 309 g/mol. The predicted octanol–water partition coefficient (Wildman–Crippen LogP) is 5.31. The first-order chi connectivity index (χ1) is 8.47. The average Bonchev–Trinajstić information content (AvgIpc) is 2.25. The van der Waals surface area contributed by atoms with Crippen LogP contribution in [0.2, 0.25) is 0 Å². The molecule has 0 heterocycles. The summed E-state index contributed by atoms with van der Waals surface area (Å²) in [5.74, 6) is 1.21. The van der Waals surface area contributed by atoms with Crippen LogP contribution in [-0.4, -0.2) is 0 Å². The van der Waals surface area contributed by atoms with E-state index in [0.717, 1.165) is 26.9 Å². The van der Waals surface area contributed by atoms with Gasteiger partial charge >= 0.3 is 0 Å². The molecule has 0 unspecified atom stereocenters. The molecule has 2 rings (SSSR count). The van der Waals surface area contributed by atoms with Gasteiger partial charge in [-0.05, 0) is 77.7 Å². The minimum atomic E-state index is -0.236. The molecule has 0 saturated carbocycles. The van der Waals surface area contributed by atoms with Gasteiger partial charge in [0, 0.05) is 0 Å². The molecule has 0 aliphatic rings. The number of ether oxygens (including phenoxy) is 1. The van der Waals surface area contributed by atoms with Gasteiger partial charge in [0.15, 0.2) is 0 Å². The lowest BCUT2D eigenvalue weighted by molar-refractivity contribution is 0.469. The van der Waals surface area contributed by atoms with Crippen LogP contribution in [-0.2, 0) is 0 Å². The fraction of sp³-hybridized carbons (Fsp3) is 0.200. The van der Waals surface area contributed by atoms with Crippen LogP contribution < -0.4 is 4.74 Å². The molecule has 0 aliphatic heterocycles. The highest BCUT2D eigenvalue weighted by molar-refractivity contribution is 9.10. The van der Waals surface area contributed by atoms with E-state index in [1.807, 2.05) is 39.0 Å². The van der Waals surface area contributed by atoms with Crippen molar-refractivity contribution in [1.82, 2.24) is 0 Å². The van der Waals surface area contributed by atoms with Crippen molar-refractivity contribution in [2.45, 2.75) is 20.8 Å². The zero-order valence-electron chi connectivity index (χ0n) is 10.6. The van der Waals surface area contributed by atoms with E-state index >= 15 is 0 Å². The van der Waals surface area contributed by atoms with Crippen LogP contribution in [0.15, 0.2) is 34.8 Å². The maximum absolute atomic E-state index is 13.2. The van der Waals surface area contributed by atoms with E-state index in [0.29, 0.717) is 5.75 Å². The second-order valence-electron chi connectivity index (χ2n) is 4.40. The largest absolute Gasteiger partial charge is 0.456 e. The first-order valence-electron chi connectivity index (χ1n) is 5.68. The monoisotopic (exact) mass is 308 g/mol. The SMILES string of the molecule is Cc1ccc(Oc2c(C)cc(F)cc2C)c(Br)c1. The lowest BCUT2D eigenvalue weighted by Crippen LogP contribution is -1.93. The van der Waals surface area contributed by atoms with Crippen molar-refractivity contribution in [3.63, 3.8) is 0 Å². The molecular weight excluding hydrogens is 295 g/mol. The Morgan fingerprint density at radius 3 is 2.17 bits per heavy atom. The molecule has 0 atom stereocenters. The van der Waals surface area contributed by atoms with Gasteiger partial charge < -0.3 is 4.74 Å². The summed E-state index contributed by atoms with van der Waals surface area (Å²) in [6.45, 7) is 5.70. The van der Waals surface area contributed by atoms with Crippen molar-refractivity contribution in [3.8, 4) is 11.5 Å². The van der Waals surface area contributed by atoms with Crippen molar-refractivity contribution < 1.29 is 9.13 Å². The highest BCUT2D eigenvalue weighted by atomic mass is 79.9. The Morgan fingerprint density at radius 1 is 1.00 bits per heavy atom. The fourth-order valence-corrected chi connectivity index (χ4v) is 2.43. The molecule has 0 spiro atoms. The van der Waals surface area contributed by atoms with Gasteiger partial charge in [-0.1, -0.05) is 6.07 Å². The molecule has 0 fully saturated rings. The zero-order chi connectivity index (χ0) is 13.3. The Hall–Kier alpha value is -1.35. The number of halogens is 2. The van der Waals surface area contributed by atoms with Crippen LogP contribution >= 0.6 is 15.9 Å². The summed E-state index contributed by atoms with van der Waals surface area (Å²) in [6.07, 6.45) is 0. The predicted molar refractivity (Wildman–Crippen MR) is 74.8 cm³/mol. The molecule has 0 radical (unpaired) electrons. The number of hydrogen-bond acceptors (Lipinski definition) is 1. The summed E-state index contributed by atoms with van der Waals surface area (Å²) in [5.41, 5.74) is 2.74. The van der Waals surface area contributed by atoms with Gasteiger partial charge in [-0.25, -0.2) is 4.39 Å². The lowest BCUT2D eigenvalue weighted by atomic mass is 10.1. The Labute approximate surface area is 115 Å². The summed E-state index contributed by atoms with van der Waals surface area (Å²) in [7, 11) is 0. The van der Waals surface area contributed by atoms with Crippen LogP contribution in [0.25, 0.3) is 0 Å². The molecule has 18 heavy (non-hydrogen) atoms. The Bertz CT molecular complexity index is 570. The normalized spacial score (nSPS) is 10.5. The number of rotatable bonds is 2. The van der Waals surface area contributed by atoms with Gasteiger partial charge in [0.05, 0.1) is 4.47 Å². The van der Waals surface area contributed by atoms with Crippen molar-refractivity contribution in [3.05, 3.63) is 57.3 Å². The summed E-state index contributed by atoms with van der Waals surface area (Å²) in [4.78, 5) is 0. The van der Waals surface area contributed by atoms with E-state index in [9.17, 15) is 4.39 Å². The van der Waals surface area contributed by atoms with Crippen LogP contribution in [0.5, 0.6) is 11.5 Å². The summed E-state index contributed by atoms with van der Waals surface area (Å²) in [5, 5.41) is 0. The molecule has 1 nitrogen and oxygen atoms in total. The Morgan fingerprint density at radius 2 is 1.61 bits per heavy atom. The van der Waals surface area contributed by atoms with Gasteiger partial charge in [0.25, 0.3) is 0 Å². The van der Waals surface area contributed by atoms with Crippen molar-refractivity contribution in [1.29, 1.82) is 0 Å². The molecule has 3 heteroatoms. The van der Waals surface area contributed by atoms with Crippen LogP contribution in [0, 0.1) is 26.6 Å². The van der Waals surface area contributed by atoms with E-state index in [1.54, 1.807) is 0 Å². The Balaban J connectivity index is 2.40. The van der Waals surface area contributed by atoms with Gasteiger partial charge in [-0.15, -0.1) is 0 Å². The van der Waals surface area contributed by atoms with Crippen LogP contribution in [0.1, 0.15) is 16.7 Å². The third kappa shape index (κ3) is 2.72. The number of aryl methyl sites for hydroxylation is 3. The van der Waals surface area contributed by atoms with E-state index in [2.05, 4.69) is 15.9 Å². The highest BCUT2D eigenvalue weighted by Crippen LogP contribution is 2.34. The Kier molecular flexibility index (Phi) is 3.71. The fourth-order valence-electron chi connectivity index (χ4n) is 1.86. The second-order valence-corrected chi connectivity index (χ2v) is 5.26. The molecule has 0 N–H and O–H groups in total. The van der Waals surface area contributed by atoms with E-state index in [1.165, 1.54) is 12.1 Å². The first kappa shape index (κ1) is 13.1. The smallest absolute Gasteiger partial charge is 0.141 e. The highest BCUT2D eigenvalue weighted by Gasteiger charge is 2.09. The van der Waals surface area contributed by atoms with Crippen LogP contribution in [0.3, 0.4) is 0 Å². The standard InChI is InChI=1S/C15H14BrFO/c1-9-4-5-14(13(16)6-9)18-15-10(2)7-12(17)8-11(15)3/h4-8H,1-3H3. The number of hydrogen-bond donors (Lipinski definition) is 0. The molecule has 94 valence electrons. The first-order valence-corrected chi connectivity index (χ1v) is 6.47. The third-order valence-corrected chi connectivity index (χ3v) is 3.34. The summed E-state index contributed by atoms with van der Waals surface area (Å²) < 4.78 is 20.0. The molecule has 0 aromatic heterocycles. The molecule has 0 saturated heterocycles. The molecule has 0 amide bonds. The van der Waals surface area contributed by atoms with Crippen molar-refractivity contribution >= 4 is 15.9 Å². The lowest BCUT2D eigenvalue weighted by Gasteiger charge is -2.13. The third-order valence-electron chi connectivity index (χ3n) is 2.72. The van der Waals surface area contributed by atoms with E-state index < -0.39 is 0 Å². The van der Waals surface area contributed by atoms with E-state index in [-0.39, 0.29) is 5.82 Å². The van der Waals surface area contributed by atoms with Gasteiger partial charge in [0.2, 0.25) is 0 Å². The summed E-state index contributed by atoms with van der Waals surface area (Å²) in [6, 6.07) is 8.83. The molecule has 0 bridgehead atoms. The van der Waals surface area contributed by atoms with Crippen molar-refractivity contribution in [2.24, 2.45) is 0 Å². The molecule has 0 aliphatic carbocycles. The molecule has 2 aromatic carbocycles. The van der Waals surface area contributed by atoms with Crippen LogP contribution in [0.4, 0.5) is 4.39 Å². The minimum absolute atomic E-state index is 0.236. The maximum Gasteiger partial charge on any atom is 0.141 e. The maximum atomic E-state index is 13.2. The molecular formula is C15H14BrFO. The zero-order valence-corrected chi connectivity index (χ0v) is 12.1. The second kappa shape index (κ2) is 5.11. The number of benzene rings is 2. The van der Waals surface area contributed by atoms with Gasteiger partial charge in [-0.3, -0.25) is 0 Å². The summed E-state index contributed by atoms with van der Waals surface area (Å²) >= 11 is 3.47. The van der Waals surface area contributed by atoms with Crippen molar-refractivity contribution in [2.75, 3.05) is 0 Å². The van der Waals surface area contributed by atoms with Gasteiger partial charge in [0.1, 0.15) is 17.3 Å². The minimum Gasteiger partial charge on any atom is -0.456 e. The topological polar surface area (TPSA) is 9.23 Å².